The van der Waals surface area contributed by atoms with Crippen molar-refractivity contribution < 1.29 is 26.3 Å². The molecule has 0 heterocycles. The second-order valence-corrected chi connectivity index (χ2v) is 6.42. The minimum absolute atomic E-state index is 0.105. The lowest BCUT2D eigenvalue weighted by Crippen LogP contribution is -2.33. The van der Waals surface area contributed by atoms with Crippen molar-refractivity contribution in [3.8, 4) is 0 Å². The van der Waals surface area contributed by atoms with Crippen molar-refractivity contribution in [2.45, 2.75) is 38.5 Å². The van der Waals surface area contributed by atoms with Gasteiger partial charge in [0.1, 0.15) is 0 Å². The van der Waals surface area contributed by atoms with Gasteiger partial charge in [0.15, 0.2) is 0 Å². The van der Waals surface area contributed by atoms with Crippen LogP contribution in [0.3, 0.4) is 0 Å². The molecule has 1 aromatic rings. The third-order valence-corrected chi connectivity index (χ3v) is 4.54. The molecule has 0 radical (unpaired) electrons. The molecule has 136 valence electrons. The van der Waals surface area contributed by atoms with Crippen LogP contribution in [0.15, 0.2) is 54.1 Å². The largest absolute Gasteiger partial charge is 0.416 e. The highest BCUT2D eigenvalue weighted by Gasteiger charge is 2.48. The van der Waals surface area contributed by atoms with Gasteiger partial charge < -0.3 is 0 Å². The van der Waals surface area contributed by atoms with Crippen LogP contribution in [0.2, 0.25) is 0 Å². The lowest BCUT2D eigenvalue weighted by atomic mass is 9.71. The van der Waals surface area contributed by atoms with Gasteiger partial charge in [-0.1, -0.05) is 49.9 Å². The summed E-state index contributed by atoms with van der Waals surface area (Å²) in [5, 5.41) is 0. The highest BCUT2D eigenvalue weighted by molar-refractivity contribution is 5.47. The molecule has 1 aliphatic carbocycles. The van der Waals surface area contributed by atoms with Gasteiger partial charge in [-0.3, -0.25) is 0 Å². The number of benzene rings is 1. The monoisotopic (exact) mass is 360 g/mol. The topological polar surface area (TPSA) is 0 Å². The van der Waals surface area contributed by atoms with E-state index in [1.54, 1.807) is 30.3 Å². The predicted octanol–water partition coefficient (Wildman–Crippen LogP) is 6.65. The third-order valence-electron chi connectivity index (χ3n) is 4.54. The summed E-state index contributed by atoms with van der Waals surface area (Å²) >= 11 is 0. The molecule has 1 atom stereocenters. The summed E-state index contributed by atoms with van der Waals surface area (Å²) < 4.78 is 78.4. The standard InChI is InChI=1S/C19H18F6/c1-3-13-4-6-14(7-5-13)8-10-17(2)11-9-15(18(20,21)22)12-16(17)19(23,24)25/h3-7,9,12H,1,8,10-11H2,2H3. The van der Waals surface area contributed by atoms with Gasteiger partial charge in [-0.15, -0.1) is 0 Å². The zero-order valence-electron chi connectivity index (χ0n) is 13.6. The van der Waals surface area contributed by atoms with Gasteiger partial charge in [0.2, 0.25) is 0 Å². The van der Waals surface area contributed by atoms with Crippen LogP contribution in [0.4, 0.5) is 26.3 Å². The zero-order chi connectivity index (χ0) is 18.9. The molecule has 0 saturated heterocycles. The molecule has 6 heteroatoms. The van der Waals surface area contributed by atoms with Crippen LogP contribution >= 0.6 is 0 Å². The SMILES string of the molecule is C=Cc1ccc(CCC2(C)CC=C(C(F)(F)F)C=C2C(F)(F)F)cc1. The summed E-state index contributed by atoms with van der Waals surface area (Å²) in [6.07, 6.45) is -6.66. The van der Waals surface area contributed by atoms with Crippen molar-refractivity contribution in [3.63, 3.8) is 0 Å². The van der Waals surface area contributed by atoms with Crippen LogP contribution in [0, 0.1) is 5.41 Å². The Bertz CT molecular complexity index is 688. The summed E-state index contributed by atoms with van der Waals surface area (Å²) in [6.45, 7) is 4.99. The quantitative estimate of drug-likeness (QED) is 0.527. The van der Waals surface area contributed by atoms with Crippen molar-refractivity contribution in [1.82, 2.24) is 0 Å². The molecular weight excluding hydrogens is 342 g/mol. The van der Waals surface area contributed by atoms with Gasteiger partial charge >= 0.3 is 12.4 Å². The average molecular weight is 360 g/mol. The van der Waals surface area contributed by atoms with Crippen LogP contribution in [0.1, 0.15) is 30.9 Å². The molecule has 0 bridgehead atoms. The first-order valence-electron chi connectivity index (χ1n) is 7.74. The molecule has 2 rings (SSSR count). The van der Waals surface area contributed by atoms with Gasteiger partial charge in [-0.2, -0.15) is 26.3 Å². The van der Waals surface area contributed by atoms with E-state index < -0.39 is 28.9 Å². The third kappa shape index (κ3) is 4.55. The minimum atomic E-state index is -4.80. The molecule has 0 fully saturated rings. The number of aryl methyl sites for hydroxylation is 1. The number of hydrogen-bond acceptors (Lipinski definition) is 0. The zero-order valence-corrected chi connectivity index (χ0v) is 13.6. The van der Waals surface area contributed by atoms with Crippen LogP contribution < -0.4 is 0 Å². The van der Waals surface area contributed by atoms with Crippen LogP contribution in [0.5, 0.6) is 0 Å². The van der Waals surface area contributed by atoms with Gasteiger partial charge in [0, 0.05) is 11.0 Å². The first-order valence-corrected chi connectivity index (χ1v) is 7.74. The Kier molecular flexibility index (Phi) is 5.21. The Labute approximate surface area is 142 Å². The van der Waals surface area contributed by atoms with E-state index in [0.29, 0.717) is 6.42 Å². The molecule has 0 N–H and O–H groups in total. The Morgan fingerprint density at radius 2 is 1.64 bits per heavy atom. The smallest absolute Gasteiger partial charge is 0.166 e. The fourth-order valence-electron chi connectivity index (χ4n) is 2.93. The van der Waals surface area contributed by atoms with Crippen molar-refractivity contribution in [1.29, 1.82) is 0 Å². The van der Waals surface area contributed by atoms with Crippen LogP contribution in [-0.2, 0) is 6.42 Å². The lowest BCUT2D eigenvalue weighted by molar-refractivity contribution is -0.110. The summed E-state index contributed by atoms with van der Waals surface area (Å²) in [6, 6.07) is 7.18. The number of alkyl halides is 6. The van der Waals surface area contributed by atoms with E-state index in [1.165, 1.54) is 6.92 Å². The summed E-state index contributed by atoms with van der Waals surface area (Å²) in [5.41, 5.74) is -2.00. The van der Waals surface area contributed by atoms with Crippen molar-refractivity contribution >= 4 is 6.08 Å². The number of rotatable bonds is 4. The van der Waals surface area contributed by atoms with Crippen molar-refractivity contribution in [2.75, 3.05) is 0 Å². The maximum atomic E-state index is 13.3. The fourth-order valence-corrected chi connectivity index (χ4v) is 2.93. The van der Waals surface area contributed by atoms with Gasteiger partial charge in [0.25, 0.3) is 0 Å². The molecule has 0 nitrogen and oxygen atoms in total. The van der Waals surface area contributed by atoms with Crippen LogP contribution in [0.25, 0.3) is 6.08 Å². The Hall–Kier alpha value is -1.98. The lowest BCUT2D eigenvalue weighted by Gasteiger charge is -2.36. The molecule has 1 aliphatic rings. The Morgan fingerprint density at radius 3 is 2.12 bits per heavy atom. The molecule has 25 heavy (non-hydrogen) atoms. The molecular formula is C19H18F6. The second-order valence-electron chi connectivity index (χ2n) is 6.42. The molecule has 0 spiro atoms. The van der Waals surface area contributed by atoms with E-state index >= 15 is 0 Å². The highest BCUT2D eigenvalue weighted by atomic mass is 19.4. The van der Waals surface area contributed by atoms with E-state index in [9.17, 15) is 26.3 Å². The van der Waals surface area contributed by atoms with Crippen LogP contribution in [-0.4, -0.2) is 12.4 Å². The molecule has 0 saturated carbocycles. The highest BCUT2D eigenvalue weighted by Crippen LogP contribution is 2.49. The van der Waals surface area contributed by atoms with E-state index in [0.717, 1.165) is 17.2 Å². The predicted molar refractivity (Wildman–Crippen MR) is 85.9 cm³/mol. The van der Waals surface area contributed by atoms with Gasteiger partial charge in [-0.25, -0.2) is 0 Å². The summed E-state index contributed by atoms with van der Waals surface area (Å²) in [4.78, 5) is 0. The summed E-state index contributed by atoms with van der Waals surface area (Å²) in [5.74, 6) is 0. The maximum absolute atomic E-state index is 13.3. The molecule has 0 aliphatic heterocycles. The normalized spacial score (nSPS) is 21.6. The first-order chi connectivity index (χ1) is 11.5. The second kappa shape index (κ2) is 6.73. The van der Waals surface area contributed by atoms with E-state index in [4.69, 9.17) is 0 Å². The summed E-state index contributed by atoms with van der Waals surface area (Å²) in [7, 11) is 0. The minimum Gasteiger partial charge on any atom is -0.166 e. The van der Waals surface area contributed by atoms with Gasteiger partial charge in [0.05, 0.1) is 5.57 Å². The molecule has 1 unspecified atom stereocenters. The molecule has 0 aromatic heterocycles. The Balaban J connectivity index is 2.24. The maximum Gasteiger partial charge on any atom is 0.416 e. The van der Waals surface area contributed by atoms with E-state index in [1.807, 2.05) is 0 Å². The van der Waals surface area contributed by atoms with Crippen molar-refractivity contribution in [2.24, 2.45) is 5.41 Å². The molecule has 1 aromatic carbocycles. The van der Waals surface area contributed by atoms with E-state index in [-0.39, 0.29) is 18.9 Å². The number of hydrogen-bond donors (Lipinski definition) is 0. The first kappa shape index (κ1) is 19.3. The number of halogens is 6. The Morgan fingerprint density at radius 1 is 1.04 bits per heavy atom. The average Bonchev–Trinajstić information content (AvgIpc) is 2.51. The van der Waals surface area contributed by atoms with E-state index in [2.05, 4.69) is 6.58 Å². The fraction of sp³-hybridized carbons (Fsp3) is 0.368. The van der Waals surface area contributed by atoms with Gasteiger partial charge in [-0.05, 0) is 36.5 Å². The van der Waals surface area contributed by atoms with Crippen molar-refractivity contribution in [3.05, 3.63) is 65.3 Å². The molecule has 0 amide bonds. The number of allylic oxidation sites excluding steroid dienone is 4.